The molecule has 0 atom stereocenters. The lowest BCUT2D eigenvalue weighted by molar-refractivity contribution is 0.105. The Morgan fingerprint density at radius 2 is 2.18 bits per heavy atom. The van der Waals surface area contributed by atoms with Crippen molar-refractivity contribution < 1.29 is 10.0 Å². The Morgan fingerprint density at radius 1 is 1.41 bits per heavy atom. The van der Waals surface area contributed by atoms with Gasteiger partial charge in [-0.25, -0.2) is 4.98 Å². The van der Waals surface area contributed by atoms with Crippen LogP contribution in [0.3, 0.4) is 0 Å². The van der Waals surface area contributed by atoms with E-state index in [4.69, 9.17) is 5.21 Å². The summed E-state index contributed by atoms with van der Waals surface area (Å²) in [6.07, 6.45) is 2.56. The van der Waals surface area contributed by atoms with E-state index in [1.54, 1.807) is 12.1 Å². The number of rotatable bonds is 2. The van der Waals surface area contributed by atoms with Crippen molar-refractivity contribution in [3.63, 3.8) is 0 Å². The fourth-order valence-electron chi connectivity index (χ4n) is 1.46. The number of Topliss-reactive ketones (excluding diaryl/α,β-unsaturated/α-hetero) is 1. The lowest BCUT2D eigenvalue weighted by atomic mass is 10.0. The van der Waals surface area contributed by atoms with Gasteiger partial charge in [0, 0.05) is 5.56 Å². The SMILES string of the molecule is Cc1ccccc1C(=O)C(=NO)n1cncn1. The van der Waals surface area contributed by atoms with E-state index in [1.807, 2.05) is 19.1 Å². The minimum Gasteiger partial charge on any atom is -0.409 e. The third-order valence-corrected chi connectivity index (χ3v) is 2.32. The molecule has 0 aliphatic carbocycles. The van der Waals surface area contributed by atoms with Gasteiger partial charge in [0.05, 0.1) is 0 Å². The van der Waals surface area contributed by atoms with E-state index >= 15 is 0 Å². The van der Waals surface area contributed by atoms with Crippen molar-refractivity contribution in [1.82, 2.24) is 14.8 Å². The summed E-state index contributed by atoms with van der Waals surface area (Å²) in [5.41, 5.74) is 1.27. The topological polar surface area (TPSA) is 80.4 Å². The summed E-state index contributed by atoms with van der Waals surface area (Å²) in [5.74, 6) is -0.590. The van der Waals surface area contributed by atoms with Gasteiger partial charge in [0.25, 0.3) is 0 Å². The molecule has 0 fully saturated rings. The summed E-state index contributed by atoms with van der Waals surface area (Å²) in [4.78, 5) is 15.8. The van der Waals surface area contributed by atoms with Crippen LogP contribution >= 0.6 is 0 Å². The van der Waals surface area contributed by atoms with Gasteiger partial charge < -0.3 is 5.21 Å². The number of carbonyl (C=O) groups excluding carboxylic acids is 1. The Kier molecular flexibility index (Phi) is 2.95. The summed E-state index contributed by atoms with van der Waals surface area (Å²) in [5, 5.41) is 15.6. The highest BCUT2D eigenvalue weighted by molar-refractivity contribution is 6.45. The highest BCUT2D eigenvalue weighted by atomic mass is 16.4. The maximum atomic E-state index is 12.1. The number of aryl methyl sites for hydroxylation is 1. The van der Waals surface area contributed by atoms with Crippen LogP contribution in [0.1, 0.15) is 15.9 Å². The van der Waals surface area contributed by atoms with E-state index in [0.29, 0.717) is 5.56 Å². The number of ketones is 1. The Bertz CT molecular complexity index is 561. The van der Waals surface area contributed by atoms with Crippen LogP contribution < -0.4 is 0 Å². The number of nitrogens with zero attached hydrogens (tertiary/aromatic N) is 4. The van der Waals surface area contributed by atoms with Gasteiger partial charge in [-0.3, -0.25) is 4.79 Å². The third kappa shape index (κ3) is 2.05. The van der Waals surface area contributed by atoms with Crippen LogP contribution in [0, 0.1) is 6.92 Å². The van der Waals surface area contributed by atoms with Gasteiger partial charge >= 0.3 is 0 Å². The zero-order valence-corrected chi connectivity index (χ0v) is 9.11. The Balaban J connectivity index is 2.41. The average molecular weight is 230 g/mol. The molecular formula is C11H10N4O2. The summed E-state index contributed by atoms with van der Waals surface area (Å²) in [7, 11) is 0. The molecule has 0 saturated heterocycles. The van der Waals surface area contributed by atoms with Crippen molar-refractivity contribution in [2.75, 3.05) is 0 Å². The maximum absolute atomic E-state index is 12.1. The molecule has 0 saturated carbocycles. The van der Waals surface area contributed by atoms with E-state index in [0.717, 1.165) is 10.2 Å². The second-order valence-electron chi connectivity index (χ2n) is 3.41. The number of hydrogen-bond donors (Lipinski definition) is 1. The summed E-state index contributed by atoms with van der Waals surface area (Å²) >= 11 is 0. The summed E-state index contributed by atoms with van der Waals surface area (Å²) in [6, 6.07) is 7.05. The van der Waals surface area contributed by atoms with Gasteiger partial charge in [-0.15, -0.1) is 0 Å². The van der Waals surface area contributed by atoms with Crippen LogP contribution in [0.25, 0.3) is 0 Å². The molecule has 2 rings (SSSR count). The first kappa shape index (κ1) is 11.0. The Hall–Kier alpha value is -2.50. The van der Waals surface area contributed by atoms with E-state index in [-0.39, 0.29) is 5.84 Å². The number of aromatic nitrogens is 3. The van der Waals surface area contributed by atoms with E-state index in [1.165, 1.54) is 12.7 Å². The highest BCUT2D eigenvalue weighted by Crippen LogP contribution is 2.09. The smallest absolute Gasteiger partial charge is 0.242 e. The Morgan fingerprint density at radius 3 is 2.76 bits per heavy atom. The number of carbonyl (C=O) groups is 1. The third-order valence-electron chi connectivity index (χ3n) is 2.32. The molecule has 0 unspecified atom stereocenters. The van der Waals surface area contributed by atoms with Crippen molar-refractivity contribution in [3.8, 4) is 0 Å². The van der Waals surface area contributed by atoms with Crippen molar-refractivity contribution in [1.29, 1.82) is 0 Å². The van der Waals surface area contributed by atoms with Crippen LogP contribution in [0.2, 0.25) is 0 Å². The minimum atomic E-state index is -0.406. The zero-order valence-electron chi connectivity index (χ0n) is 9.11. The molecule has 0 amide bonds. The number of hydrogen-bond acceptors (Lipinski definition) is 5. The van der Waals surface area contributed by atoms with Crippen molar-refractivity contribution in [2.24, 2.45) is 5.16 Å². The van der Waals surface area contributed by atoms with Gasteiger partial charge in [-0.1, -0.05) is 29.4 Å². The van der Waals surface area contributed by atoms with Crippen LogP contribution in [0.5, 0.6) is 0 Å². The molecule has 0 bridgehead atoms. The fraction of sp³-hybridized carbons (Fsp3) is 0.0909. The second kappa shape index (κ2) is 4.56. The largest absolute Gasteiger partial charge is 0.409 e. The van der Waals surface area contributed by atoms with Crippen molar-refractivity contribution >= 4 is 11.6 Å². The van der Waals surface area contributed by atoms with E-state index < -0.39 is 5.78 Å². The lowest BCUT2D eigenvalue weighted by Gasteiger charge is -2.05. The van der Waals surface area contributed by atoms with Gasteiger partial charge in [0.15, 0.2) is 0 Å². The molecule has 2 aromatic rings. The van der Waals surface area contributed by atoms with Gasteiger partial charge in [-0.2, -0.15) is 9.78 Å². The first-order chi connectivity index (χ1) is 8.24. The molecule has 6 nitrogen and oxygen atoms in total. The Labute approximate surface area is 97.2 Å². The number of benzene rings is 1. The predicted octanol–water partition coefficient (Wildman–Crippen LogP) is 1.11. The maximum Gasteiger partial charge on any atom is 0.242 e. The monoisotopic (exact) mass is 230 g/mol. The van der Waals surface area contributed by atoms with Crippen LogP contribution in [-0.4, -0.2) is 31.6 Å². The molecule has 1 aromatic heterocycles. The predicted molar refractivity (Wildman–Crippen MR) is 60.2 cm³/mol. The summed E-state index contributed by atoms with van der Waals surface area (Å²) in [6.45, 7) is 1.81. The lowest BCUT2D eigenvalue weighted by Crippen LogP contribution is -2.24. The van der Waals surface area contributed by atoms with Crippen LogP contribution in [0.4, 0.5) is 0 Å². The second-order valence-corrected chi connectivity index (χ2v) is 3.41. The van der Waals surface area contributed by atoms with Gasteiger partial charge in [0.1, 0.15) is 12.7 Å². The van der Waals surface area contributed by atoms with Gasteiger partial charge in [0.2, 0.25) is 11.6 Å². The molecular weight excluding hydrogens is 220 g/mol. The quantitative estimate of drug-likeness (QED) is 0.275. The van der Waals surface area contributed by atoms with Crippen LogP contribution in [-0.2, 0) is 0 Å². The molecule has 1 N–H and O–H groups in total. The van der Waals surface area contributed by atoms with Gasteiger partial charge in [-0.05, 0) is 12.5 Å². The minimum absolute atomic E-state index is 0.184. The molecule has 0 aliphatic rings. The van der Waals surface area contributed by atoms with Crippen molar-refractivity contribution in [3.05, 3.63) is 48.0 Å². The molecule has 86 valence electrons. The molecule has 0 spiro atoms. The first-order valence-corrected chi connectivity index (χ1v) is 4.91. The van der Waals surface area contributed by atoms with Crippen LogP contribution in [0.15, 0.2) is 42.1 Å². The normalized spacial score (nSPS) is 11.5. The standard InChI is InChI=1S/C11H10N4O2/c1-8-4-2-3-5-9(8)10(16)11(14-17)15-7-12-6-13-15/h2-7,17H,1H3. The first-order valence-electron chi connectivity index (χ1n) is 4.91. The molecule has 17 heavy (non-hydrogen) atoms. The fourth-order valence-corrected chi connectivity index (χ4v) is 1.46. The molecule has 1 heterocycles. The van der Waals surface area contributed by atoms with Crippen molar-refractivity contribution in [2.45, 2.75) is 6.92 Å². The molecule has 6 heteroatoms. The molecule has 1 aromatic carbocycles. The number of oxime groups is 1. The highest BCUT2D eigenvalue weighted by Gasteiger charge is 2.18. The zero-order chi connectivity index (χ0) is 12.3. The van der Waals surface area contributed by atoms with E-state index in [2.05, 4.69) is 15.2 Å². The molecule has 0 aliphatic heterocycles. The summed E-state index contributed by atoms with van der Waals surface area (Å²) < 4.78 is 1.12. The molecule has 0 radical (unpaired) electrons. The average Bonchev–Trinajstić information content (AvgIpc) is 2.84. The van der Waals surface area contributed by atoms with E-state index in [9.17, 15) is 4.79 Å².